The van der Waals surface area contributed by atoms with Crippen molar-refractivity contribution in [2.45, 2.75) is 0 Å². The fourth-order valence-corrected chi connectivity index (χ4v) is 1.92. The molecule has 3 rings (SSSR count). The van der Waals surface area contributed by atoms with Crippen molar-refractivity contribution in [3.05, 3.63) is 47.3 Å². The van der Waals surface area contributed by atoms with Crippen molar-refractivity contribution in [3.8, 4) is 17.2 Å². The smallest absolute Gasteiger partial charge is 0.213 e. The first-order valence-corrected chi connectivity index (χ1v) is 5.69. The quantitative estimate of drug-likeness (QED) is 0.631. The molecular formula is C14H8F3NO2. The Hall–Kier alpha value is -2.50. The SMILES string of the molecule is COc1c(F)c(F)c2c(c1F)Oc1ccccc1C=N2. The average Bonchev–Trinajstić information content (AvgIpc) is 2.65. The number of para-hydroxylation sites is 1. The third-order valence-electron chi connectivity index (χ3n) is 2.88. The summed E-state index contributed by atoms with van der Waals surface area (Å²) in [5, 5.41) is 0. The van der Waals surface area contributed by atoms with Gasteiger partial charge in [0.25, 0.3) is 0 Å². The van der Waals surface area contributed by atoms with Gasteiger partial charge in [0.15, 0.2) is 17.3 Å². The van der Waals surface area contributed by atoms with Crippen LogP contribution in [0.25, 0.3) is 0 Å². The van der Waals surface area contributed by atoms with Crippen LogP contribution in [0.5, 0.6) is 17.2 Å². The molecule has 0 bridgehead atoms. The second-order valence-corrected chi connectivity index (χ2v) is 4.05. The van der Waals surface area contributed by atoms with E-state index in [0.29, 0.717) is 11.3 Å². The first kappa shape index (κ1) is 12.5. The van der Waals surface area contributed by atoms with Crippen LogP contribution in [0.15, 0.2) is 29.3 Å². The number of methoxy groups -OCH3 is 1. The Balaban J connectivity index is 2.29. The minimum atomic E-state index is -1.43. The summed E-state index contributed by atoms with van der Waals surface area (Å²) in [6.45, 7) is 0. The Morgan fingerprint density at radius 3 is 2.55 bits per heavy atom. The Morgan fingerprint density at radius 1 is 1.05 bits per heavy atom. The minimum Gasteiger partial charge on any atom is -0.491 e. The second-order valence-electron chi connectivity index (χ2n) is 4.05. The number of rotatable bonds is 1. The van der Waals surface area contributed by atoms with Crippen molar-refractivity contribution in [1.29, 1.82) is 0 Å². The Kier molecular flexibility index (Phi) is 2.85. The highest BCUT2D eigenvalue weighted by atomic mass is 19.2. The predicted octanol–water partition coefficient (Wildman–Crippen LogP) is 3.97. The second kappa shape index (κ2) is 4.56. The van der Waals surface area contributed by atoms with Crippen LogP contribution in [0, 0.1) is 17.5 Å². The van der Waals surface area contributed by atoms with Crippen LogP contribution < -0.4 is 9.47 Å². The van der Waals surface area contributed by atoms with E-state index in [4.69, 9.17) is 4.74 Å². The molecule has 0 fully saturated rings. The van der Waals surface area contributed by atoms with Gasteiger partial charge in [-0.3, -0.25) is 0 Å². The summed E-state index contributed by atoms with van der Waals surface area (Å²) in [4.78, 5) is 3.76. The largest absolute Gasteiger partial charge is 0.491 e. The van der Waals surface area contributed by atoms with Gasteiger partial charge >= 0.3 is 0 Å². The van der Waals surface area contributed by atoms with E-state index in [1.807, 2.05) is 0 Å². The van der Waals surface area contributed by atoms with Crippen molar-refractivity contribution in [3.63, 3.8) is 0 Å². The molecule has 0 saturated carbocycles. The summed E-state index contributed by atoms with van der Waals surface area (Å²) in [6.07, 6.45) is 1.29. The zero-order chi connectivity index (χ0) is 14.3. The van der Waals surface area contributed by atoms with Crippen LogP contribution in [-0.2, 0) is 0 Å². The predicted molar refractivity (Wildman–Crippen MR) is 66.6 cm³/mol. The lowest BCUT2D eigenvalue weighted by molar-refractivity contribution is 0.333. The number of benzene rings is 2. The number of ether oxygens (including phenoxy) is 2. The van der Waals surface area contributed by atoms with Crippen LogP contribution in [0.4, 0.5) is 18.9 Å². The Morgan fingerprint density at radius 2 is 1.80 bits per heavy atom. The number of halogens is 3. The summed E-state index contributed by atoms with van der Waals surface area (Å²) >= 11 is 0. The highest BCUT2D eigenvalue weighted by Gasteiger charge is 2.28. The maximum atomic E-state index is 14.1. The zero-order valence-corrected chi connectivity index (χ0v) is 10.3. The molecule has 1 heterocycles. The van der Waals surface area contributed by atoms with Gasteiger partial charge in [-0.1, -0.05) is 12.1 Å². The van der Waals surface area contributed by atoms with Gasteiger partial charge in [-0.2, -0.15) is 8.78 Å². The van der Waals surface area contributed by atoms with Gasteiger partial charge in [0.05, 0.1) is 7.11 Å². The van der Waals surface area contributed by atoms with E-state index < -0.39 is 34.6 Å². The molecule has 102 valence electrons. The number of hydrogen-bond acceptors (Lipinski definition) is 3. The lowest BCUT2D eigenvalue weighted by atomic mass is 10.2. The summed E-state index contributed by atoms with van der Waals surface area (Å²) in [5.41, 5.74) is -0.00104. The number of nitrogens with zero attached hydrogens (tertiary/aromatic N) is 1. The molecule has 0 saturated heterocycles. The molecule has 20 heavy (non-hydrogen) atoms. The summed E-state index contributed by atoms with van der Waals surface area (Å²) < 4.78 is 51.5. The van der Waals surface area contributed by atoms with Crippen LogP contribution in [0.2, 0.25) is 0 Å². The van der Waals surface area contributed by atoms with Crippen molar-refractivity contribution in [1.82, 2.24) is 0 Å². The van der Waals surface area contributed by atoms with Gasteiger partial charge in [0, 0.05) is 11.8 Å². The van der Waals surface area contributed by atoms with Gasteiger partial charge in [-0.25, -0.2) is 9.38 Å². The molecule has 0 unspecified atom stereocenters. The Labute approximate surface area is 112 Å². The van der Waals surface area contributed by atoms with Crippen LogP contribution in [0.3, 0.4) is 0 Å². The fourth-order valence-electron chi connectivity index (χ4n) is 1.92. The minimum absolute atomic E-state index is 0.293. The van der Waals surface area contributed by atoms with Gasteiger partial charge in [0.1, 0.15) is 11.4 Å². The molecule has 0 amide bonds. The maximum absolute atomic E-state index is 14.1. The molecular weight excluding hydrogens is 271 g/mol. The van der Waals surface area contributed by atoms with E-state index in [1.165, 1.54) is 6.21 Å². The standard InChI is InChI=1S/C14H8F3NO2/c1-19-13-10(16)9(15)12-14(11(13)17)20-8-5-3-2-4-7(8)6-18-12/h2-6H,1H3. The van der Waals surface area contributed by atoms with E-state index >= 15 is 0 Å². The highest BCUT2D eigenvalue weighted by Crippen LogP contribution is 2.44. The molecule has 3 nitrogen and oxygen atoms in total. The summed E-state index contributed by atoms with van der Waals surface area (Å²) in [5.74, 6) is -4.92. The first-order chi connectivity index (χ1) is 9.63. The average molecular weight is 279 g/mol. The molecule has 0 N–H and O–H groups in total. The van der Waals surface area contributed by atoms with Crippen molar-refractivity contribution < 1.29 is 22.6 Å². The lowest BCUT2D eigenvalue weighted by Crippen LogP contribution is -2.00. The monoisotopic (exact) mass is 279 g/mol. The molecule has 2 aromatic carbocycles. The normalized spacial score (nSPS) is 12.2. The van der Waals surface area contributed by atoms with Crippen molar-refractivity contribution >= 4 is 11.9 Å². The van der Waals surface area contributed by atoms with E-state index in [0.717, 1.165) is 7.11 Å². The van der Waals surface area contributed by atoms with E-state index in [-0.39, 0.29) is 0 Å². The molecule has 0 aliphatic carbocycles. The van der Waals surface area contributed by atoms with E-state index in [2.05, 4.69) is 9.73 Å². The van der Waals surface area contributed by atoms with Crippen molar-refractivity contribution in [2.24, 2.45) is 4.99 Å². The molecule has 2 aromatic rings. The zero-order valence-electron chi connectivity index (χ0n) is 10.3. The van der Waals surface area contributed by atoms with Crippen molar-refractivity contribution in [2.75, 3.05) is 7.11 Å². The topological polar surface area (TPSA) is 30.8 Å². The van der Waals surface area contributed by atoms with Crippen LogP contribution in [0.1, 0.15) is 5.56 Å². The number of aliphatic imine (C=N–C) groups is 1. The van der Waals surface area contributed by atoms with E-state index in [1.54, 1.807) is 24.3 Å². The van der Waals surface area contributed by atoms with E-state index in [9.17, 15) is 13.2 Å². The summed E-state index contributed by atoms with van der Waals surface area (Å²) in [6, 6.07) is 6.63. The molecule has 1 aliphatic heterocycles. The highest BCUT2D eigenvalue weighted by molar-refractivity contribution is 5.88. The maximum Gasteiger partial charge on any atom is 0.213 e. The molecule has 0 radical (unpaired) electrons. The summed E-state index contributed by atoms with van der Waals surface area (Å²) in [7, 11) is 1.04. The molecule has 0 spiro atoms. The van der Waals surface area contributed by atoms with Crippen LogP contribution in [-0.4, -0.2) is 13.3 Å². The number of hydrogen-bond donors (Lipinski definition) is 0. The van der Waals surface area contributed by atoms with Gasteiger partial charge in [-0.05, 0) is 12.1 Å². The van der Waals surface area contributed by atoms with Gasteiger partial charge in [-0.15, -0.1) is 0 Å². The first-order valence-electron chi connectivity index (χ1n) is 5.69. The molecule has 0 atom stereocenters. The molecule has 6 heteroatoms. The van der Waals surface area contributed by atoms with Gasteiger partial charge < -0.3 is 9.47 Å². The molecule has 1 aliphatic rings. The fraction of sp³-hybridized carbons (Fsp3) is 0.0714. The van der Waals surface area contributed by atoms with Gasteiger partial charge in [0.2, 0.25) is 11.6 Å². The number of fused-ring (bicyclic) bond motifs is 2. The lowest BCUT2D eigenvalue weighted by Gasteiger charge is -2.12. The van der Waals surface area contributed by atoms with Crippen LogP contribution >= 0.6 is 0 Å². The third-order valence-corrected chi connectivity index (χ3v) is 2.88. The third kappa shape index (κ3) is 1.72. The molecule has 0 aromatic heterocycles. The Bertz CT molecular complexity index is 729.